The van der Waals surface area contributed by atoms with Gasteiger partial charge in [-0.05, 0) is 76.5 Å². The Kier molecular flexibility index (Phi) is 6.49. The topological polar surface area (TPSA) is 79.7 Å². The summed E-state index contributed by atoms with van der Waals surface area (Å²) in [5.74, 6) is 0.474. The highest BCUT2D eigenvalue weighted by molar-refractivity contribution is 5.79. The third kappa shape index (κ3) is 4.92. The van der Waals surface area contributed by atoms with Gasteiger partial charge in [-0.1, -0.05) is 38.0 Å². The van der Waals surface area contributed by atoms with Crippen LogP contribution in [0.15, 0.2) is 53.3 Å². The first-order valence-corrected chi connectivity index (χ1v) is 12.0. The molecule has 1 saturated carbocycles. The number of tetrazole rings is 1. The van der Waals surface area contributed by atoms with E-state index in [1.807, 2.05) is 12.1 Å². The molecule has 2 aromatic carbocycles. The molecule has 1 aliphatic carbocycles. The van der Waals surface area contributed by atoms with Crippen LogP contribution >= 0.6 is 0 Å². The number of aromatic nitrogens is 5. The summed E-state index contributed by atoms with van der Waals surface area (Å²) in [7, 11) is 0. The summed E-state index contributed by atoms with van der Waals surface area (Å²) in [6.07, 6.45) is 5.54. The van der Waals surface area contributed by atoms with Crippen molar-refractivity contribution < 1.29 is 4.39 Å². The van der Waals surface area contributed by atoms with E-state index in [-0.39, 0.29) is 11.4 Å². The first-order valence-electron chi connectivity index (χ1n) is 12.0. The monoisotopic (exact) mass is 460 g/mol. The summed E-state index contributed by atoms with van der Waals surface area (Å²) < 4.78 is 15.0. The Morgan fingerprint density at radius 3 is 2.59 bits per heavy atom. The molecule has 2 heterocycles. The number of fused-ring (bicyclic) bond motifs is 1. The summed E-state index contributed by atoms with van der Waals surface area (Å²) >= 11 is 0. The number of benzene rings is 2. The van der Waals surface area contributed by atoms with E-state index in [4.69, 9.17) is 0 Å². The summed E-state index contributed by atoms with van der Waals surface area (Å²) in [6.45, 7) is 3.68. The van der Waals surface area contributed by atoms with Gasteiger partial charge in [0.1, 0.15) is 5.82 Å². The van der Waals surface area contributed by atoms with Gasteiger partial charge in [-0.3, -0.25) is 9.69 Å². The van der Waals surface area contributed by atoms with E-state index in [0.717, 1.165) is 47.1 Å². The lowest BCUT2D eigenvalue weighted by Gasteiger charge is -2.28. The zero-order valence-corrected chi connectivity index (χ0v) is 19.4. The van der Waals surface area contributed by atoms with Gasteiger partial charge in [0.2, 0.25) is 0 Å². The Hall–Kier alpha value is -3.39. The highest BCUT2D eigenvalue weighted by Gasteiger charge is 2.25. The predicted molar refractivity (Wildman–Crippen MR) is 129 cm³/mol. The van der Waals surface area contributed by atoms with E-state index in [0.29, 0.717) is 25.7 Å². The molecule has 176 valence electrons. The number of nitrogens with zero attached hydrogens (tertiary/aromatic N) is 5. The molecule has 0 aliphatic heterocycles. The number of aryl methyl sites for hydroxylation is 1. The first kappa shape index (κ1) is 22.4. The average molecular weight is 461 g/mol. The lowest BCUT2D eigenvalue weighted by atomic mass is 10.1. The van der Waals surface area contributed by atoms with E-state index < -0.39 is 0 Å². The van der Waals surface area contributed by atoms with Gasteiger partial charge in [-0.15, -0.1) is 5.10 Å². The molecule has 0 amide bonds. The number of rotatable bonds is 8. The Balaban J connectivity index is 1.41. The number of nitrogens with one attached hydrogen (secondary N) is 1. The van der Waals surface area contributed by atoms with Crippen LogP contribution in [-0.4, -0.2) is 36.1 Å². The third-order valence-electron chi connectivity index (χ3n) is 6.80. The molecule has 1 N–H and O–H groups in total. The molecule has 1 aliphatic rings. The van der Waals surface area contributed by atoms with Crippen LogP contribution in [0.1, 0.15) is 55.1 Å². The fourth-order valence-corrected chi connectivity index (χ4v) is 4.84. The zero-order chi connectivity index (χ0) is 23.5. The van der Waals surface area contributed by atoms with Crippen molar-refractivity contribution in [3.63, 3.8) is 0 Å². The normalized spacial score (nSPS) is 14.4. The van der Waals surface area contributed by atoms with Crippen LogP contribution in [0.25, 0.3) is 10.9 Å². The maximum atomic E-state index is 13.3. The standard InChI is InChI=1S/C26H29FN6O/c1-2-18-9-12-24-20(13-18)14-21(26(34)28-24)16-32(23-5-3-4-6-23)17-25-29-30-31-33(25)15-19-7-10-22(27)11-8-19/h7-14,23H,2-6,15-17H2,1H3,(H,28,34). The quantitative estimate of drug-likeness (QED) is 0.426. The molecular formula is C26H29FN6O. The van der Waals surface area contributed by atoms with E-state index in [9.17, 15) is 9.18 Å². The molecule has 2 aromatic heterocycles. The molecule has 0 bridgehead atoms. The van der Waals surface area contributed by atoms with Gasteiger partial charge >= 0.3 is 0 Å². The van der Waals surface area contributed by atoms with E-state index in [2.05, 4.69) is 44.5 Å². The van der Waals surface area contributed by atoms with Crippen molar-refractivity contribution in [2.75, 3.05) is 0 Å². The molecule has 0 unspecified atom stereocenters. The SMILES string of the molecule is CCc1ccc2[nH]c(=O)c(CN(Cc3nnnn3Cc3ccc(F)cc3)C3CCCC3)cc2c1. The van der Waals surface area contributed by atoms with E-state index in [1.54, 1.807) is 16.8 Å². The van der Waals surface area contributed by atoms with Crippen LogP contribution in [0.4, 0.5) is 4.39 Å². The fraction of sp³-hybridized carbons (Fsp3) is 0.385. The maximum Gasteiger partial charge on any atom is 0.252 e. The molecule has 0 radical (unpaired) electrons. The molecule has 0 spiro atoms. The lowest BCUT2D eigenvalue weighted by Crippen LogP contribution is -2.35. The van der Waals surface area contributed by atoms with Gasteiger partial charge in [0.25, 0.3) is 5.56 Å². The summed E-state index contributed by atoms with van der Waals surface area (Å²) in [5, 5.41) is 13.4. The van der Waals surface area contributed by atoms with Crippen molar-refractivity contribution in [2.45, 2.75) is 64.7 Å². The largest absolute Gasteiger partial charge is 0.322 e. The van der Waals surface area contributed by atoms with Crippen molar-refractivity contribution in [3.8, 4) is 0 Å². The van der Waals surface area contributed by atoms with Gasteiger partial charge in [0, 0.05) is 23.7 Å². The molecule has 8 heteroatoms. The molecule has 5 rings (SSSR count). The number of pyridine rings is 1. The van der Waals surface area contributed by atoms with Crippen LogP contribution in [0.2, 0.25) is 0 Å². The van der Waals surface area contributed by atoms with Crippen molar-refractivity contribution in [3.05, 3.63) is 87.2 Å². The van der Waals surface area contributed by atoms with Crippen molar-refractivity contribution >= 4 is 10.9 Å². The molecule has 4 aromatic rings. The minimum Gasteiger partial charge on any atom is -0.322 e. The van der Waals surface area contributed by atoms with Crippen LogP contribution < -0.4 is 5.56 Å². The molecule has 7 nitrogen and oxygen atoms in total. The van der Waals surface area contributed by atoms with E-state index >= 15 is 0 Å². The predicted octanol–water partition coefficient (Wildman–Crippen LogP) is 4.21. The van der Waals surface area contributed by atoms with Crippen molar-refractivity contribution in [1.82, 2.24) is 30.1 Å². The minimum absolute atomic E-state index is 0.0503. The van der Waals surface area contributed by atoms with Gasteiger partial charge < -0.3 is 4.98 Å². The summed E-state index contributed by atoms with van der Waals surface area (Å²) in [5.41, 5.74) is 3.75. The number of hydrogen-bond donors (Lipinski definition) is 1. The second-order valence-corrected chi connectivity index (χ2v) is 9.12. The maximum absolute atomic E-state index is 13.3. The average Bonchev–Trinajstić information content (AvgIpc) is 3.53. The number of aromatic amines is 1. The van der Waals surface area contributed by atoms with Crippen LogP contribution in [0.5, 0.6) is 0 Å². The minimum atomic E-state index is -0.264. The van der Waals surface area contributed by atoms with Gasteiger partial charge in [-0.2, -0.15) is 0 Å². The van der Waals surface area contributed by atoms with Gasteiger partial charge in [-0.25, -0.2) is 9.07 Å². The van der Waals surface area contributed by atoms with Crippen molar-refractivity contribution in [2.24, 2.45) is 0 Å². The van der Waals surface area contributed by atoms with Gasteiger partial charge in [0.15, 0.2) is 5.82 Å². The van der Waals surface area contributed by atoms with E-state index in [1.165, 1.54) is 30.5 Å². The Bertz CT molecular complexity index is 1320. The van der Waals surface area contributed by atoms with Gasteiger partial charge in [0.05, 0.1) is 13.1 Å². The van der Waals surface area contributed by atoms with Crippen LogP contribution in [0.3, 0.4) is 0 Å². The highest BCUT2D eigenvalue weighted by Crippen LogP contribution is 2.26. The number of H-pyrrole nitrogens is 1. The number of halogens is 1. The second-order valence-electron chi connectivity index (χ2n) is 9.12. The molecule has 1 fully saturated rings. The Labute approximate surface area is 197 Å². The summed E-state index contributed by atoms with van der Waals surface area (Å²) in [4.78, 5) is 18.3. The Morgan fingerprint density at radius 2 is 1.82 bits per heavy atom. The van der Waals surface area contributed by atoms with Crippen LogP contribution in [0, 0.1) is 5.82 Å². The molecule has 34 heavy (non-hydrogen) atoms. The number of hydrogen-bond acceptors (Lipinski definition) is 5. The molecule has 0 atom stereocenters. The summed E-state index contributed by atoms with van der Waals surface area (Å²) in [6, 6.07) is 15.0. The molecular weight excluding hydrogens is 431 g/mol. The zero-order valence-electron chi connectivity index (χ0n) is 19.4. The smallest absolute Gasteiger partial charge is 0.252 e. The van der Waals surface area contributed by atoms with Crippen LogP contribution in [-0.2, 0) is 26.1 Å². The van der Waals surface area contributed by atoms with Crippen molar-refractivity contribution in [1.29, 1.82) is 0 Å². The third-order valence-corrected chi connectivity index (χ3v) is 6.80. The Morgan fingerprint density at radius 1 is 1.06 bits per heavy atom. The fourth-order valence-electron chi connectivity index (χ4n) is 4.84. The second kappa shape index (κ2) is 9.85. The highest BCUT2D eigenvalue weighted by atomic mass is 19.1. The molecule has 0 saturated heterocycles. The lowest BCUT2D eigenvalue weighted by molar-refractivity contribution is 0.172. The first-order chi connectivity index (χ1) is 16.6.